The van der Waals surface area contributed by atoms with Crippen LogP contribution in [0.1, 0.15) is 11.1 Å². The van der Waals surface area contributed by atoms with Gasteiger partial charge in [-0.25, -0.2) is 0 Å². The van der Waals surface area contributed by atoms with Gasteiger partial charge in [0, 0.05) is 21.7 Å². The Morgan fingerprint density at radius 3 is 3.15 bits per heavy atom. The highest BCUT2D eigenvalue weighted by atomic mass is 32.2. The molecule has 0 spiro atoms. The van der Waals surface area contributed by atoms with Crippen LogP contribution in [0.3, 0.4) is 0 Å². The van der Waals surface area contributed by atoms with Gasteiger partial charge in [-0.2, -0.15) is 0 Å². The molecule has 0 saturated carbocycles. The van der Waals surface area contributed by atoms with Crippen LogP contribution in [0.2, 0.25) is 0 Å². The Hall–Kier alpha value is -1.52. The van der Waals surface area contributed by atoms with E-state index < -0.39 is 0 Å². The smallest absolute Gasteiger partial charge is 0.168 e. The molecule has 1 aromatic carbocycles. The lowest BCUT2D eigenvalue weighted by molar-refractivity contribution is 0.648. The summed E-state index contributed by atoms with van der Waals surface area (Å²) in [5, 5.41) is 4.71. The number of aliphatic imine (C=N–C) groups is 1. The number of rotatable bonds is 2. The number of allylic oxidation sites excluding steroid dienone is 1. The molecule has 0 radical (unpaired) electrons. The Morgan fingerprint density at radius 1 is 1.40 bits per heavy atom. The van der Waals surface area contributed by atoms with Gasteiger partial charge in [0.1, 0.15) is 0 Å². The molecule has 3 heterocycles. The number of thiophene rings is 1. The van der Waals surface area contributed by atoms with Gasteiger partial charge in [-0.1, -0.05) is 24.8 Å². The van der Waals surface area contributed by atoms with Crippen LogP contribution in [0.5, 0.6) is 0 Å². The molecular weight excluding hydrogens is 284 g/mol. The summed E-state index contributed by atoms with van der Waals surface area (Å²) >= 11 is 3.55. The summed E-state index contributed by atoms with van der Waals surface area (Å²) in [5.74, 6) is 0. The largest absolute Gasteiger partial charge is 0.317 e. The molecule has 2 aliphatic rings. The Kier molecular flexibility index (Phi) is 2.75. The van der Waals surface area contributed by atoms with E-state index in [1.807, 2.05) is 17.4 Å². The molecule has 2 aliphatic heterocycles. The number of thioether (sulfide) groups is 1. The lowest BCUT2D eigenvalue weighted by Gasteiger charge is -2.17. The van der Waals surface area contributed by atoms with E-state index in [1.165, 1.54) is 31.8 Å². The lowest BCUT2D eigenvalue weighted by Crippen LogP contribution is -2.19. The maximum Gasteiger partial charge on any atom is 0.168 e. The number of amidine groups is 1. The lowest BCUT2D eigenvalue weighted by atomic mass is 10.1. The Balaban J connectivity index is 1.88. The first-order valence-electron chi connectivity index (χ1n) is 6.62. The molecule has 4 heteroatoms. The van der Waals surface area contributed by atoms with E-state index in [9.17, 15) is 0 Å². The van der Waals surface area contributed by atoms with Crippen molar-refractivity contribution >= 4 is 44.0 Å². The van der Waals surface area contributed by atoms with Crippen LogP contribution in [0.25, 0.3) is 15.8 Å². The van der Waals surface area contributed by atoms with Gasteiger partial charge in [-0.3, -0.25) is 4.99 Å². The molecule has 4 rings (SSSR count). The van der Waals surface area contributed by atoms with Crippen molar-refractivity contribution in [3.05, 3.63) is 52.3 Å². The summed E-state index contributed by atoms with van der Waals surface area (Å²) in [4.78, 5) is 8.10. The summed E-state index contributed by atoms with van der Waals surface area (Å²) < 4.78 is 1.35. The Labute approximate surface area is 126 Å². The Bertz CT molecular complexity index is 783. The molecule has 1 aromatic heterocycles. The summed E-state index contributed by atoms with van der Waals surface area (Å²) in [6, 6.07) is 6.76. The zero-order valence-electron chi connectivity index (χ0n) is 11.2. The first-order valence-corrected chi connectivity index (χ1v) is 8.32. The zero-order valence-corrected chi connectivity index (χ0v) is 12.9. The highest BCUT2D eigenvalue weighted by molar-refractivity contribution is 8.17. The van der Waals surface area contributed by atoms with Crippen LogP contribution in [0, 0.1) is 6.92 Å². The fourth-order valence-corrected chi connectivity index (χ4v) is 4.78. The molecule has 2 nitrogen and oxygen atoms in total. The highest BCUT2D eigenvalue weighted by Crippen LogP contribution is 2.43. The molecule has 0 aliphatic carbocycles. The molecule has 0 fully saturated rings. The SMILES string of the molecule is C=CC1=C(c2ccc3c(C)csc3c2)N2CCN=C2S1. The van der Waals surface area contributed by atoms with Crippen molar-refractivity contribution in [2.24, 2.45) is 4.99 Å². The van der Waals surface area contributed by atoms with Gasteiger partial charge in [0.05, 0.1) is 12.2 Å². The van der Waals surface area contributed by atoms with Gasteiger partial charge in [-0.15, -0.1) is 11.3 Å². The fraction of sp³-hybridized carbons (Fsp3) is 0.188. The van der Waals surface area contributed by atoms with Gasteiger partial charge in [0.2, 0.25) is 0 Å². The van der Waals surface area contributed by atoms with Crippen LogP contribution >= 0.6 is 23.1 Å². The van der Waals surface area contributed by atoms with E-state index in [0.29, 0.717) is 0 Å². The van der Waals surface area contributed by atoms with Crippen molar-refractivity contribution in [3.63, 3.8) is 0 Å². The first kappa shape index (κ1) is 12.2. The predicted molar refractivity (Wildman–Crippen MR) is 90.3 cm³/mol. The molecule has 2 aromatic rings. The number of hydrogen-bond acceptors (Lipinski definition) is 4. The van der Waals surface area contributed by atoms with E-state index in [-0.39, 0.29) is 0 Å². The van der Waals surface area contributed by atoms with Crippen LogP contribution in [0.15, 0.2) is 46.1 Å². The fourth-order valence-electron chi connectivity index (χ4n) is 2.75. The minimum absolute atomic E-state index is 0.899. The van der Waals surface area contributed by atoms with Gasteiger partial charge in [0.15, 0.2) is 5.17 Å². The summed E-state index contributed by atoms with van der Waals surface area (Å²) in [5.41, 5.74) is 3.90. The molecule has 0 bridgehead atoms. The third-order valence-corrected chi connectivity index (χ3v) is 5.91. The van der Waals surface area contributed by atoms with Crippen LogP contribution < -0.4 is 0 Å². The monoisotopic (exact) mass is 298 g/mol. The molecule has 0 N–H and O–H groups in total. The van der Waals surface area contributed by atoms with Crippen LogP contribution in [-0.4, -0.2) is 23.2 Å². The average molecular weight is 298 g/mol. The molecule has 0 atom stereocenters. The second-order valence-corrected chi connectivity index (χ2v) is 6.88. The highest BCUT2D eigenvalue weighted by Gasteiger charge is 2.31. The van der Waals surface area contributed by atoms with Gasteiger partial charge < -0.3 is 4.90 Å². The van der Waals surface area contributed by atoms with Crippen molar-refractivity contribution in [3.8, 4) is 0 Å². The van der Waals surface area contributed by atoms with Crippen molar-refractivity contribution in [2.75, 3.05) is 13.1 Å². The zero-order chi connectivity index (χ0) is 13.7. The number of hydrogen-bond donors (Lipinski definition) is 0. The van der Waals surface area contributed by atoms with Crippen molar-refractivity contribution in [2.45, 2.75) is 6.92 Å². The van der Waals surface area contributed by atoms with Gasteiger partial charge in [0.25, 0.3) is 0 Å². The molecule has 100 valence electrons. The molecule has 20 heavy (non-hydrogen) atoms. The first-order chi connectivity index (χ1) is 9.78. The molecule has 0 saturated heterocycles. The van der Waals surface area contributed by atoms with E-state index >= 15 is 0 Å². The Morgan fingerprint density at radius 2 is 2.30 bits per heavy atom. The number of fused-ring (bicyclic) bond motifs is 2. The molecular formula is C16H14N2S2. The van der Waals surface area contributed by atoms with Crippen molar-refractivity contribution < 1.29 is 0 Å². The predicted octanol–water partition coefficient (Wildman–Crippen LogP) is 4.48. The van der Waals surface area contributed by atoms with Crippen molar-refractivity contribution in [1.29, 1.82) is 0 Å². The second kappa shape index (κ2) is 4.50. The maximum absolute atomic E-state index is 4.56. The summed E-state index contributed by atoms with van der Waals surface area (Å²) in [6.45, 7) is 8.01. The van der Waals surface area contributed by atoms with E-state index in [1.54, 1.807) is 11.8 Å². The number of aryl methyl sites for hydroxylation is 1. The average Bonchev–Trinajstić information content (AvgIpc) is 3.12. The minimum Gasteiger partial charge on any atom is -0.317 e. The summed E-state index contributed by atoms with van der Waals surface area (Å²) in [6.07, 6.45) is 1.95. The minimum atomic E-state index is 0.899. The summed E-state index contributed by atoms with van der Waals surface area (Å²) in [7, 11) is 0. The van der Waals surface area contributed by atoms with Crippen molar-refractivity contribution in [1.82, 2.24) is 4.90 Å². The quantitative estimate of drug-likeness (QED) is 0.812. The maximum atomic E-state index is 4.56. The van der Waals surface area contributed by atoms with Crippen LogP contribution in [-0.2, 0) is 0 Å². The van der Waals surface area contributed by atoms with E-state index in [2.05, 4.69) is 47.0 Å². The molecule has 0 unspecified atom stereocenters. The normalized spacial score (nSPS) is 17.9. The standard InChI is InChI=1S/C16H14N2S2/c1-3-13-15(18-7-6-17-16(18)20-13)11-4-5-12-10(2)9-19-14(12)8-11/h3-5,8-9H,1,6-7H2,2H3. The third kappa shape index (κ3) is 1.68. The van der Waals surface area contributed by atoms with E-state index in [0.717, 1.165) is 18.3 Å². The molecule has 0 amide bonds. The second-order valence-electron chi connectivity index (χ2n) is 4.96. The topological polar surface area (TPSA) is 15.6 Å². The number of nitrogens with zero attached hydrogens (tertiary/aromatic N) is 2. The van der Waals surface area contributed by atoms with E-state index in [4.69, 9.17) is 0 Å². The van der Waals surface area contributed by atoms with Crippen LogP contribution in [0.4, 0.5) is 0 Å². The van der Waals surface area contributed by atoms with Gasteiger partial charge >= 0.3 is 0 Å². The van der Waals surface area contributed by atoms with Gasteiger partial charge in [-0.05, 0) is 41.1 Å². The number of benzene rings is 1. The third-order valence-electron chi connectivity index (χ3n) is 3.73.